The lowest BCUT2D eigenvalue weighted by Crippen LogP contribution is -1.82. The second-order valence-electron chi connectivity index (χ2n) is 4.49. The summed E-state index contributed by atoms with van der Waals surface area (Å²) in [6.45, 7) is 2.04. The number of hydrogen-bond acceptors (Lipinski definition) is 4. The molecule has 98 valence electrons. The average Bonchev–Trinajstić information content (AvgIpc) is 3.10. The van der Waals surface area contributed by atoms with E-state index in [9.17, 15) is 0 Å². The molecule has 1 aromatic carbocycles. The van der Waals surface area contributed by atoms with Gasteiger partial charge < -0.3 is 0 Å². The Bertz CT molecular complexity index is 894. The predicted octanol–water partition coefficient (Wildman–Crippen LogP) is 4.48. The van der Waals surface area contributed by atoms with Gasteiger partial charge in [0.15, 0.2) is 4.96 Å². The summed E-state index contributed by atoms with van der Waals surface area (Å²) in [4.78, 5) is 10.2. The van der Waals surface area contributed by atoms with Gasteiger partial charge in [0.1, 0.15) is 5.01 Å². The van der Waals surface area contributed by atoms with Gasteiger partial charge in [-0.1, -0.05) is 12.1 Å². The van der Waals surface area contributed by atoms with Crippen LogP contribution in [0.5, 0.6) is 0 Å². The van der Waals surface area contributed by atoms with Crippen molar-refractivity contribution in [1.82, 2.24) is 14.4 Å². The molecule has 3 aromatic heterocycles. The summed E-state index contributed by atoms with van der Waals surface area (Å²) in [5.41, 5.74) is 3.23. The van der Waals surface area contributed by atoms with Crippen molar-refractivity contribution < 1.29 is 0 Å². The molecular weight excluding hydrogens is 286 g/mol. The number of imidazole rings is 1. The first-order valence-corrected chi connectivity index (χ1v) is 7.97. The van der Waals surface area contributed by atoms with Gasteiger partial charge in [-0.2, -0.15) is 0 Å². The van der Waals surface area contributed by atoms with Crippen LogP contribution in [0.3, 0.4) is 0 Å². The van der Waals surface area contributed by atoms with Crippen molar-refractivity contribution in [2.24, 2.45) is 0 Å². The molecule has 4 rings (SSSR count). The standard InChI is InChI=1S/C15H11N3S2/c1-10-12(18-8-9-19-15(18)16-10)6-7-14-17-11-4-2-3-5-13(11)20-14/h2-9H,1H3. The highest BCUT2D eigenvalue weighted by Crippen LogP contribution is 2.24. The van der Waals surface area contributed by atoms with Gasteiger partial charge in [0, 0.05) is 11.6 Å². The molecule has 0 fully saturated rings. The molecule has 0 amide bonds. The summed E-state index contributed by atoms with van der Waals surface area (Å²) in [7, 11) is 0. The second-order valence-corrected chi connectivity index (χ2v) is 6.43. The van der Waals surface area contributed by atoms with Crippen LogP contribution in [-0.4, -0.2) is 14.4 Å². The van der Waals surface area contributed by atoms with Gasteiger partial charge in [-0.05, 0) is 31.2 Å². The van der Waals surface area contributed by atoms with Crippen LogP contribution in [0.15, 0.2) is 35.8 Å². The van der Waals surface area contributed by atoms with Crippen LogP contribution in [0.4, 0.5) is 0 Å². The molecule has 20 heavy (non-hydrogen) atoms. The Morgan fingerprint density at radius 3 is 2.95 bits per heavy atom. The van der Waals surface area contributed by atoms with E-state index in [0.717, 1.165) is 26.9 Å². The molecule has 3 heterocycles. The smallest absolute Gasteiger partial charge is 0.194 e. The monoisotopic (exact) mass is 297 g/mol. The van der Waals surface area contributed by atoms with Crippen molar-refractivity contribution in [2.75, 3.05) is 0 Å². The Balaban J connectivity index is 1.77. The van der Waals surface area contributed by atoms with Crippen molar-refractivity contribution in [3.05, 3.63) is 52.2 Å². The fraction of sp³-hybridized carbons (Fsp3) is 0.0667. The van der Waals surface area contributed by atoms with Gasteiger partial charge in [0.25, 0.3) is 0 Å². The first-order chi connectivity index (χ1) is 9.81. The highest BCUT2D eigenvalue weighted by atomic mass is 32.1. The maximum atomic E-state index is 4.61. The van der Waals surface area contributed by atoms with Crippen molar-refractivity contribution in [3.63, 3.8) is 0 Å². The quantitative estimate of drug-likeness (QED) is 0.546. The number of nitrogens with zero attached hydrogens (tertiary/aromatic N) is 3. The van der Waals surface area contributed by atoms with E-state index in [0.29, 0.717) is 0 Å². The minimum atomic E-state index is 1.02. The number of para-hydroxylation sites is 1. The zero-order valence-corrected chi connectivity index (χ0v) is 12.4. The Labute approximate surface area is 123 Å². The molecule has 0 unspecified atom stereocenters. The van der Waals surface area contributed by atoms with Crippen LogP contribution in [0.1, 0.15) is 16.4 Å². The minimum Gasteiger partial charge on any atom is -0.291 e. The van der Waals surface area contributed by atoms with E-state index in [1.165, 1.54) is 4.70 Å². The molecule has 0 spiro atoms. The summed E-state index contributed by atoms with van der Waals surface area (Å²) >= 11 is 3.36. The zero-order chi connectivity index (χ0) is 13.5. The van der Waals surface area contributed by atoms with Gasteiger partial charge >= 0.3 is 0 Å². The van der Waals surface area contributed by atoms with Gasteiger partial charge in [-0.3, -0.25) is 4.40 Å². The lowest BCUT2D eigenvalue weighted by molar-refractivity contribution is 1.19. The highest BCUT2D eigenvalue weighted by Gasteiger charge is 2.06. The molecule has 0 saturated heterocycles. The first kappa shape index (κ1) is 11.8. The predicted molar refractivity (Wildman–Crippen MR) is 86.4 cm³/mol. The third kappa shape index (κ3) is 1.87. The molecule has 3 nitrogen and oxygen atoms in total. The molecule has 0 aliphatic carbocycles. The van der Waals surface area contributed by atoms with E-state index >= 15 is 0 Å². The molecule has 0 aliphatic heterocycles. The number of fused-ring (bicyclic) bond motifs is 2. The average molecular weight is 297 g/mol. The fourth-order valence-corrected chi connectivity index (χ4v) is 3.86. The van der Waals surface area contributed by atoms with E-state index in [1.54, 1.807) is 22.7 Å². The van der Waals surface area contributed by atoms with E-state index in [1.807, 2.05) is 25.1 Å². The molecule has 0 radical (unpaired) electrons. The topological polar surface area (TPSA) is 30.2 Å². The van der Waals surface area contributed by atoms with Gasteiger partial charge in [0.2, 0.25) is 0 Å². The minimum absolute atomic E-state index is 1.02. The van der Waals surface area contributed by atoms with Gasteiger partial charge in [0.05, 0.1) is 21.6 Å². The van der Waals surface area contributed by atoms with Crippen molar-refractivity contribution in [1.29, 1.82) is 0 Å². The summed E-state index contributed by atoms with van der Waals surface area (Å²) in [5, 5.41) is 3.08. The van der Waals surface area contributed by atoms with Crippen LogP contribution in [0, 0.1) is 6.92 Å². The van der Waals surface area contributed by atoms with Crippen molar-refractivity contribution in [3.8, 4) is 0 Å². The molecule has 4 aromatic rings. The number of aromatic nitrogens is 3. The van der Waals surface area contributed by atoms with Crippen LogP contribution in [0.2, 0.25) is 0 Å². The van der Waals surface area contributed by atoms with E-state index in [4.69, 9.17) is 0 Å². The first-order valence-electron chi connectivity index (χ1n) is 6.27. The van der Waals surface area contributed by atoms with Crippen molar-refractivity contribution in [2.45, 2.75) is 6.92 Å². The lowest BCUT2D eigenvalue weighted by Gasteiger charge is -1.91. The van der Waals surface area contributed by atoms with Gasteiger partial charge in [-0.15, -0.1) is 22.7 Å². The SMILES string of the molecule is Cc1nc2sccn2c1C=Cc1nc2ccccc2s1. The molecular formula is C15H11N3S2. The third-order valence-electron chi connectivity index (χ3n) is 3.18. The normalized spacial score (nSPS) is 12.1. The molecule has 0 bridgehead atoms. The van der Waals surface area contributed by atoms with E-state index < -0.39 is 0 Å². The number of aryl methyl sites for hydroxylation is 1. The van der Waals surface area contributed by atoms with Crippen LogP contribution in [0.25, 0.3) is 27.3 Å². The van der Waals surface area contributed by atoms with Crippen LogP contribution in [-0.2, 0) is 0 Å². The largest absolute Gasteiger partial charge is 0.291 e. The third-order valence-corrected chi connectivity index (χ3v) is 4.94. The number of rotatable bonds is 2. The summed E-state index contributed by atoms with van der Waals surface area (Å²) in [6.07, 6.45) is 6.22. The maximum Gasteiger partial charge on any atom is 0.194 e. The fourth-order valence-electron chi connectivity index (χ4n) is 2.22. The molecule has 0 N–H and O–H groups in total. The lowest BCUT2D eigenvalue weighted by atomic mass is 10.3. The van der Waals surface area contributed by atoms with Crippen LogP contribution < -0.4 is 0 Å². The Morgan fingerprint density at radius 2 is 2.05 bits per heavy atom. The number of benzene rings is 1. The number of hydrogen-bond donors (Lipinski definition) is 0. The zero-order valence-electron chi connectivity index (χ0n) is 10.8. The Morgan fingerprint density at radius 1 is 1.15 bits per heavy atom. The summed E-state index contributed by atoms with van der Waals surface area (Å²) in [5.74, 6) is 0. The number of thiazole rings is 2. The molecule has 5 heteroatoms. The second kappa shape index (κ2) is 4.54. The molecule has 0 saturated carbocycles. The maximum absolute atomic E-state index is 4.61. The Kier molecular flexibility index (Phi) is 2.68. The highest BCUT2D eigenvalue weighted by molar-refractivity contribution is 7.19. The van der Waals surface area contributed by atoms with Crippen LogP contribution >= 0.6 is 22.7 Å². The van der Waals surface area contributed by atoms with E-state index in [-0.39, 0.29) is 0 Å². The summed E-state index contributed by atoms with van der Waals surface area (Å²) in [6, 6.07) is 8.21. The van der Waals surface area contributed by atoms with E-state index in [2.05, 4.69) is 44.2 Å². The molecule has 0 atom stereocenters. The van der Waals surface area contributed by atoms with Gasteiger partial charge in [-0.25, -0.2) is 9.97 Å². The Hall–Kier alpha value is -1.98. The molecule has 0 aliphatic rings. The summed E-state index contributed by atoms with van der Waals surface area (Å²) < 4.78 is 3.34. The van der Waals surface area contributed by atoms with Crippen molar-refractivity contribution >= 4 is 50.0 Å².